The summed E-state index contributed by atoms with van der Waals surface area (Å²) < 4.78 is 19.2. The summed E-state index contributed by atoms with van der Waals surface area (Å²) in [5, 5.41) is 18.4. The third-order valence-corrected chi connectivity index (χ3v) is 2.99. The molecule has 0 spiro atoms. The summed E-state index contributed by atoms with van der Waals surface area (Å²) in [4.78, 5) is 0. The second-order valence-corrected chi connectivity index (χ2v) is 4.55. The van der Waals surface area contributed by atoms with Crippen molar-refractivity contribution in [1.82, 2.24) is 0 Å². The predicted molar refractivity (Wildman–Crippen MR) is 72.8 cm³/mol. The quantitative estimate of drug-likeness (QED) is 0.939. The molecule has 0 atom stereocenters. The van der Waals surface area contributed by atoms with Gasteiger partial charge < -0.3 is 9.84 Å². The van der Waals surface area contributed by atoms with Gasteiger partial charge in [-0.2, -0.15) is 5.26 Å². The van der Waals surface area contributed by atoms with Crippen molar-refractivity contribution < 1.29 is 14.2 Å². The Morgan fingerprint density at radius 1 is 1.20 bits per heavy atom. The zero-order valence-corrected chi connectivity index (χ0v) is 11.2. The van der Waals surface area contributed by atoms with E-state index in [4.69, 9.17) is 21.6 Å². The van der Waals surface area contributed by atoms with E-state index in [0.29, 0.717) is 21.9 Å². The fourth-order valence-corrected chi connectivity index (χ4v) is 1.90. The molecule has 2 rings (SSSR count). The first-order chi connectivity index (χ1) is 9.63. The Hall–Kier alpha value is -2.09. The summed E-state index contributed by atoms with van der Waals surface area (Å²) in [5.41, 5.74) is 1.13. The molecule has 0 unspecified atom stereocenters. The van der Waals surface area contributed by atoms with Crippen molar-refractivity contribution in [2.45, 2.75) is 13.2 Å². The van der Waals surface area contributed by atoms with Gasteiger partial charge in [0.1, 0.15) is 18.2 Å². The van der Waals surface area contributed by atoms with Crippen molar-refractivity contribution in [3.8, 4) is 11.8 Å². The zero-order chi connectivity index (χ0) is 14.5. The molecule has 0 saturated carbocycles. The van der Waals surface area contributed by atoms with Gasteiger partial charge in [0.25, 0.3) is 0 Å². The monoisotopic (exact) mass is 291 g/mol. The average Bonchev–Trinajstić information content (AvgIpc) is 2.46. The number of benzene rings is 2. The molecule has 0 fully saturated rings. The van der Waals surface area contributed by atoms with Gasteiger partial charge in [-0.15, -0.1) is 0 Å². The summed E-state index contributed by atoms with van der Waals surface area (Å²) in [7, 11) is 0. The van der Waals surface area contributed by atoms with E-state index in [2.05, 4.69) is 0 Å². The maximum Gasteiger partial charge on any atom is 0.131 e. The molecule has 0 saturated heterocycles. The Kier molecular flexibility index (Phi) is 4.57. The maximum absolute atomic E-state index is 13.7. The van der Waals surface area contributed by atoms with Crippen molar-refractivity contribution in [1.29, 1.82) is 5.26 Å². The molecule has 20 heavy (non-hydrogen) atoms. The number of ether oxygens (including phenoxy) is 1. The number of rotatable bonds is 4. The predicted octanol–water partition coefficient (Wildman–Crippen LogP) is 3.42. The molecule has 0 heterocycles. The van der Waals surface area contributed by atoms with Gasteiger partial charge in [0, 0.05) is 16.1 Å². The van der Waals surface area contributed by atoms with E-state index in [-0.39, 0.29) is 18.8 Å². The lowest BCUT2D eigenvalue weighted by molar-refractivity contribution is 0.257. The van der Waals surface area contributed by atoms with Crippen LogP contribution in [0.2, 0.25) is 5.02 Å². The third-order valence-electron chi connectivity index (χ3n) is 2.76. The van der Waals surface area contributed by atoms with E-state index >= 15 is 0 Å². The van der Waals surface area contributed by atoms with E-state index in [0.717, 1.165) is 6.07 Å². The Morgan fingerprint density at radius 2 is 2.00 bits per heavy atom. The van der Waals surface area contributed by atoms with Crippen LogP contribution in [0.3, 0.4) is 0 Å². The Bertz CT molecular complexity index is 667. The van der Waals surface area contributed by atoms with E-state index in [9.17, 15) is 9.50 Å². The zero-order valence-electron chi connectivity index (χ0n) is 10.4. The summed E-state index contributed by atoms with van der Waals surface area (Å²) in [6.45, 7) is -0.210. The Morgan fingerprint density at radius 3 is 2.65 bits per heavy atom. The van der Waals surface area contributed by atoms with Gasteiger partial charge in [-0.25, -0.2) is 4.39 Å². The van der Waals surface area contributed by atoms with Crippen LogP contribution in [0, 0.1) is 17.1 Å². The van der Waals surface area contributed by atoms with Crippen LogP contribution < -0.4 is 4.74 Å². The SMILES string of the molecule is N#Cc1ccc(COc2ccc(Cl)cc2CO)c(F)c1. The molecule has 0 amide bonds. The molecular weight excluding hydrogens is 281 g/mol. The molecule has 0 aliphatic rings. The molecule has 0 radical (unpaired) electrons. The molecule has 1 N–H and O–H groups in total. The number of nitrogens with zero attached hydrogens (tertiary/aromatic N) is 1. The van der Waals surface area contributed by atoms with Crippen LogP contribution in [0.15, 0.2) is 36.4 Å². The van der Waals surface area contributed by atoms with Crippen molar-refractivity contribution in [2.24, 2.45) is 0 Å². The van der Waals surface area contributed by atoms with Crippen LogP contribution in [-0.2, 0) is 13.2 Å². The van der Waals surface area contributed by atoms with Gasteiger partial charge in [0.2, 0.25) is 0 Å². The van der Waals surface area contributed by atoms with Crippen LogP contribution in [0.25, 0.3) is 0 Å². The molecule has 0 aromatic heterocycles. The smallest absolute Gasteiger partial charge is 0.131 e. The number of hydrogen-bond donors (Lipinski definition) is 1. The van der Waals surface area contributed by atoms with E-state index in [1.54, 1.807) is 18.2 Å². The molecule has 0 aliphatic heterocycles. The lowest BCUT2D eigenvalue weighted by atomic mass is 10.1. The summed E-state index contributed by atoms with van der Waals surface area (Å²) in [5.74, 6) is -0.0516. The normalized spacial score (nSPS) is 10.1. The fourth-order valence-electron chi connectivity index (χ4n) is 1.70. The fraction of sp³-hybridized carbons (Fsp3) is 0.133. The maximum atomic E-state index is 13.7. The first-order valence-corrected chi connectivity index (χ1v) is 6.22. The minimum absolute atomic E-state index is 0.00613. The lowest BCUT2D eigenvalue weighted by Crippen LogP contribution is -2.01. The minimum Gasteiger partial charge on any atom is -0.488 e. The average molecular weight is 292 g/mol. The molecular formula is C15H11ClFNO2. The highest BCUT2D eigenvalue weighted by Gasteiger charge is 2.07. The largest absolute Gasteiger partial charge is 0.488 e. The Balaban J connectivity index is 2.15. The highest BCUT2D eigenvalue weighted by molar-refractivity contribution is 6.30. The minimum atomic E-state index is -0.497. The van der Waals surface area contributed by atoms with E-state index in [1.165, 1.54) is 12.1 Å². The topological polar surface area (TPSA) is 53.2 Å². The summed E-state index contributed by atoms with van der Waals surface area (Å²) >= 11 is 5.81. The van der Waals surface area contributed by atoms with Crippen LogP contribution in [-0.4, -0.2) is 5.11 Å². The standard InChI is InChI=1S/C15H11ClFNO2/c16-13-3-4-15(12(6-13)8-19)20-9-11-2-1-10(7-18)5-14(11)17/h1-6,19H,8-9H2. The first kappa shape index (κ1) is 14.3. The molecule has 2 aromatic rings. The van der Waals surface area contributed by atoms with Gasteiger partial charge in [0.15, 0.2) is 0 Å². The van der Waals surface area contributed by atoms with Gasteiger partial charge in [-0.1, -0.05) is 17.7 Å². The van der Waals surface area contributed by atoms with Gasteiger partial charge >= 0.3 is 0 Å². The number of aliphatic hydroxyl groups excluding tert-OH is 1. The molecule has 0 aliphatic carbocycles. The summed E-state index contributed by atoms with van der Waals surface area (Å²) in [6, 6.07) is 10.9. The van der Waals surface area contributed by atoms with Crippen LogP contribution in [0.5, 0.6) is 5.75 Å². The first-order valence-electron chi connectivity index (χ1n) is 5.84. The Labute approximate surface area is 120 Å². The number of nitriles is 1. The lowest BCUT2D eigenvalue weighted by Gasteiger charge is -2.11. The summed E-state index contributed by atoms with van der Waals surface area (Å²) in [6.07, 6.45) is 0. The number of hydrogen-bond acceptors (Lipinski definition) is 3. The second-order valence-electron chi connectivity index (χ2n) is 4.12. The molecule has 0 bridgehead atoms. The van der Waals surface area contributed by atoms with E-state index < -0.39 is 5.82 Å². The van der Waals surface area contributed by atoms with Crippen LogP contribution in [0.4, 0.5) is 4.39 Å². The molecule has 102 valence electrons. The van der Waals surface area contributed by atoms with Crippen LogP contribution >= 0.6 is 11.6 Å². The third kappa shape index (κ3) is 3.27. The molecule has 3 nitrogen and oxygen atoms in total. The number of halogens is 2. The van der Waals surface area contributed by atoms with E-state index in [1.807, 2.05) is 6.07 Å². The second kappa shape index (κ2) is 6.38. The van der Waals surface area contributed by atoms with Crippen molar-refractivity contribution >= 4 is 11.6 Å². The van der Waals surface area contributed by atoms with Crippen molar-refractivity contribution in [2.75, 3.05) is 0 Å². The van der Waals surface area contributed by atoms with Crippen molar-refractivity contribution in [3.63, 3.8) is 0 Å². The van der Waals surface area contributed by atoms with Crippen molar-refractivity contribution in [3.05, 3.63) is 63.9 Å². The highest BCUT2D eigenvalue weighted by Crippen LogP contribution is 2.24. The van der Waals surface area contributed by atoms with Gasteiger partial charge in [-0.05, 0) is 30.3 Å². The highest BCUT2D eigenvalue weighted by atomic mass is 35.5. The van der Waals surface area contributed by atoms with Gasteiger partial charge in [-0.3, -0.25) is 0 Å². The van der Waals surface area contributed by atoms with Crippen LogP contribution in [0.1, 0.15) is 16.7 Å². The number of aliphatic hydroxyl groups is 1. The van der Waals surface area contributed by atoms with Gasteiger partial charge in [0.05, 0.1) is 18.2 Å². The molecule has 5 heteroatoms. The molecule has 2 aromatic carbocycles.